The first-order chi connectivity index (χ1) is 19.2. The van der Waals surface area contributed by atoms with Crippen LogP contribution < -0.4 is 5.32 Å². The van der Waals surface area contributed by atoms with Crippen molar-refractivity contribution in [1.82, 2.24) is 24.4 Å². The van der Waals surface area contributed by atoms with Gasteiger partial charge in [0, 0.05) is 36.5 Å². The number of hydrogen-bond acceptors (Lipinski definition) is 6. The molecule has 1 saturated carbocycles. The van der Waals surface area contributed by atoms with E-state index >= 15 is 0 Å². The van der Waals surface area contributed by atoms with Crippen molar-refractivity contribution in [3.8, 4) is 0 Å². The quantitative estimate of drug-likeness (QED) is 0.450. The van der Waals surface area contributed by atoms with Gasteiger partial charge < -0.3 is 20.2 Å². The summed E-state index contributed by atoms with van der Waals surface area (Å²) in [6.45, 7) is 7.72. The Morgan fingerprint density at radius 2 is 1.88 bits per heavy atom. The number of rotatable bonds is 6. The molecule has 0 unspecified atom stereocenters. The first kappa shape index (κ1) is 26.5. The number of amides is 1. The maximum Gasteiger partial charge on any atom is 0.335 e. The minimum Gasteiger partial charge on any atom is -0.478 e. The molecule has 3 aliphatic rings. The van der Waals surface area contributed by atoms with Crippen LogP contribution in [0.15, 0.2) is 42.6 Å². The summed E-state index contributed by atoms with van der Waals surface area (Å²) in [6.07, 6.45) is 8.65. The molecule has 2 fully saturated rings. The maximum absolute atomic E-state index is 12.9. The molecule has 0 atom stereocenters. The Balaban J connectivity index is 1.20. The third kappa shape index (κ3) is 5.22. The van der Waals surface area contributed by atoms with Crippen LogP contribution in [0.3, 0.4) is 0 Å². The summed E-state index contributed by atoms with van der Waals surface area (Å²) >= 11 is 0. The molecule has 0 bridgehead atoms. The molecular weight excluding hydrogens is 504 g/mol. The van der Waals surface area contributed by atoms with Crippen molar-refractivity contribution in [2.75, 3.05) is 38.5 Å². The van der Waals surface area contributed by atoms with Crippen LogP contribution in [0.25, 0.3) is 11.2 Å². The zero-order valence-corrected chi connectivity index (χ0v) is 23.6. The standard InChI is InChI=1S/C31H38N6O3/c1-31(2)18-22(19-31)28(38)36-15-10-20(11-16-36)24-5-4-12-37-27(24)33-30(34-37)32-23-6-7-25(29(39)40)26(17-23)21-8-13-35(3)14-9-21/h4-7,10,12,17,21-22H,8-9,11,13-16,18-19H2,1-3H3,(H,32,34)(H,39,40). The van der Waals surface area contributed by atoms with Crippen LogP contribution in [0.2, 0.25) is 0 Å². The van der Waals surface area contributed by atoms with Crippen LogP contribution >= 0.6 is 0 Å². The van der Waals surface area contributed by atoms with Gasteiger partial charge in [0.05, 0.1) is 5.56 Å². The van der Waals surface area contributed by atoms with Crippen molar-refractivity contribution in [1.29, 1.82) is 0 Å². The molecule has 2 aliphatic heterocycles. The minimum atomic E-state index is -0.895. The number of anilines is 2. The Labute approximate surface area is 234 Å². The molecule has 4 heterocycles. The number of benzene rings is 1. The van der Waals surface area contributed by atoms with Crippen molar-refractivity contribution in [2.45, 2.75) is 51.9 Å². The van der Waals surface area contributed by atoms with Gasteiger partial charge in [0.2, 0.25) is 11.9 Å². The van der Waals surface area contributed by atoms with Crippen molar-refractivity contribution in [3.63, 3.8) is 0 Å². The van der Waals surface area contributed by atoms with Gasteiger partial charge in [0.1, 0.15) is 0 Å². The molecular formula is C31H38N6O3. The Morgan fingerprint density at radius 1 is 1.10 bits per heavy atom. The second-order valence-corrected chi connectivity index (χ2v) is 12.5. The molecule has 1 saturated heterocycles. The Kier molecular flexibility index (Phi) is 6.86. The van der Waals surface area contributed by atoms with E-state index in [0.717, 1.165) is 74.2 Å². The van der Waals surface area contributed by atoms with Crippen LogP contribution in [-0.2, 0) is 4.79 Å². The first-order valence-electron chi connectivity index (χ1n) is 14.3. The highest BCUT2D eigenvalue weighted by Gasteiger charge is 2.42. The lowest BCUT2D eigenvalue weighted by Gasteiger charge is -2.44. The second kappa shape index (κ2) is 10.4. The van der Waals surface area contributed by atoms with Crippen LogP contribution in [0.1, 0.15) is 73.4 Å². The number of pyridine rings is 1. The average molecular weight is 543 g/mol. The zero-order chi connectivity index (χ0) is 28.0. The Bertz CT molecular complexity index is 1480. The van der Waals surface area contributed by atoms with Crippen LogP contribution in [-0.4, -0.2) is 74.6 Å². The molecule has 210 valence electrons. The summed E-state index contributed by atoms with van der Waals surface area (Å²) in [5, 5.41) is 17.8. The fourth-order valence-corrected chi connectivity index (χ4v) is 6.65. The van der Waals surface area contributed by atoms with Gasteiger partial charge >= 0.3 is 5.97 Å². The van der Waals surface area contributed by atoms with Crippen LogP contribution in [0, 0.1) is 11.3 Å². The van der Waals surface area contributed by atoms with E-state index in [-0.39, 0.29) is 17.7 Å². The minimum absolute atomic E-state index is 0.169. The highest BCUT2D eigenvalue weighted by Crippen LogP contribution is 2.45. The van der Waals surface area contributed by atoms with Crippen molar-refractivity contribution in [2.24, 2.45) is 11.3 Å². The Hall–Kier alpha value is -3.72. The molecule has 6 rings (SSSR count). The predicted molar refractivity (Wildman–Crippen MR) is 155 cm³/mol. The van der Waals surface area contributed by atoms with E-state index in [0.29, 0.717) is 23.5 Å². The molecule has 0 radical (unpaired) electrons. The maximum atomic E-state index is 12.9. The largest absolute Gasteiger partial charge is 0.478 e. The van der Waals surface area contributed by atoms with Crippen LogP contribution in [0.5, 0.6) is 0 Å². The van der Waals surface area contributed by atoms with Gasteiger partial charge in [-0.25, -0.2) is 9.31 Å². The highest BCUT2D eigenvalue weighted by atomic mass is 16.4. The first-order valence-corrected chi connectivity index (χ1v) is 14.3. The summed E-state index contributed by atoms with van der Waals surface area (Å²) in [5.41, 5.74) is 5.26. The molecule has 3 aromatic rings. The molecule has 9 nitrogen and oxygen atoms in total. The van der Waals surface area contributed by atoms with Gasteiger partial charge in [0.25, 0.3) is 0 Å². The number of aromatic carboxylic acids is 1. The lowest BCUT2D eigenvalue weighted by atomic mass is 9.64. The molecule has 40 heavy (non-hydrogen) atoms. The predicted octanol–water partition coefficient (Wildman–Crippen LogP) is 5.03. The molecule has 2 N–H and O–H groups in total. The van der Waals surface area contributed by atoms with Crippen LogP contribution in [0.4, 0.5) is 11.6 Å². The van der Waals surface area contributed by atoms with Gasteiger partial charge in [-0.15, -0.1) is 5.10 Å². The van der Waals surface area contributed by atoms with Gasteiger partial charge in [0.15, 0.2) is 5.65 Å². The Morgan fingerprint density at radius 3 is 2.55 bits per heavy atom. The monoisotopic (exact) mass is 542 g/mol. The van der Waals surface area contributed by atoms with Gasteiger partial charge in [-0.2, -0.15) is 4.98 Å². The fourth-order valence-electron chi connectivity index (χ4n) is 6.65. The SMILES string of the molecule is CN1CCC(c2cc(Nc3nc4c(C5=CCN(C(=O)C6CC(C)(C)C6)CC5)cccn4n3)ccc2C(=O)O)CC1. The van der Waals surface area contributed by atoms with Gasteiger partial charge in [-0.3, -0.25) is 4.79 Å². The van der Waals surface area contributed by atoms with Gasteiger partial charge in [-0.05, 0) is 105 Å². The number of nitrogens with zero attached hydrogens (tertiary/aromatic N) is 5. The summed E-state index contributed by atoms with van der Waals surface area (Å²) in [4.78, 5) is 34.0. The van der Waals surface area contributed by atoms with Crippen molar-refractivity contribution >= 4 is 34.7 Å². The third-order valence-corrected chi connectivity index (χ3v) is 8.87. The number of carboxylic acid groups (broad SMARTS) is 1. The number of hydrogen-bond donors (Lipinski definition) is 2. The van der Waals surface area contributed by atoms with Crippen molar-refractivity contribution in [3.05, 3.63) is 59.3 Å². The number of carbonyl (C=O) groups is 2. The summed E-state index contributed by atoms with van der Waals surface area (Å²) in [7, 11) is 2.10. The molecule has 1 amide bonds. The lowest BCUT2D eigenvalue weighted by Crippen LogP contribution is -2.46. The smallest absolute Gasteiger partial charge is 0.335 e. The molecule has 0 spiro atoms. The normalized spacial score (nSPS) is 20.3. The number of nitrogens with one attached hydrogen (secondary N) is 1. The molecule has 1 aliphatic carbocycles. The number of carbonyl (C=O) groups excluding carboxylic acids is 1. The fraction of sp³-hybridized carbons (Fsp3) is 0.484. The highest BCUT2D eigenvalue weighted by molar-refractivity contribution is 5.90. The molecule has 9 heteroatoms. The summed E-state index contributed by atoms with van der Waals surface area (Å²) < 4.78 is 1.77. The lowest BCUT2D eigenvalue weighted by molar-refractivity contribution is -0.142. The van der Waals surface area contributed by atoms with E-state index in [1.807, 2.05) is 23.2 Å². The number of aromatic nitrogens is 3. The zero-order valence-electron chi connectivity index (χ0n) is 23.6. The van der Waals surface area contributed by atoms with Gasteiger partial charge in [-0.1, -0.05) is 19.9 Å². The molecule has 1 aromatic carbocycles. The topological polar surface area (TPSA) is 103 Å². The van der Waals surface area contributed by atoms with E-state index in [4.69, 9.17) is 4.98 Å². The second-order valence-electron chi connectivity index (χ2n) is 12.5. The number of likely N-dealkylation sites (tertiary alicyclic amines) is 1. The number of fused-ring (bicyclic) bond motifs is 1. The van der Waals surface area contributed by atoms with Crippen molar-refractivity contribution < 1.29 is 14.7 Å². The van der Waals surface area contributed by atoms with E-state index < -0.39 is 5.97 Å². The number of carboxylic acids is 1. The average Bonchev–Trinajstić information content (AvgIpc) is 3.34. The summed E-state index contributed by atoms with van der Waals surface area (Å²) in [6, 6.07) is 9.45. The van der Waals surface area contributed by atoms with E-state index in [2.05, 4.69) is 48.4 Å². The molecule has 2 aromatic heterocycles. The third-order valence-electron chi connectivity index (χ3n) is 8.87. The van der Waals surface area contributed by atoms with E-state index in [9.17, 15) is 14.7 Å². The van der Waals surface area contributed by atoms with E-state index in [1.165, 1.54) is 5.57 Å². The number of piperidine rings is 1. The van der Waals surface area contributed by atoms with E-state index in [1.54, 1.807) is 16.6 Å². The summed E-state index contributed by atoms with van der Waals surface area (Å²) in [5.74, 6) is 0.239.